The fourth-order valence-corrected chi connectivity index (χ4v) is 7.99. The van der Waals surface area contributed by atoms with E-state index in [4.69, 9.17) is 38.8 Å². The molecule has 0 aliphatic carbocycles. The van der Waals surface area contributed by atoms with Crippen molar-refractivity contribution in [2.45, 2.75) is 13.2 Å². The predicted molar refractivity (Wildman–Crippen MR) is 223 cm³/mol. The van der Waals surface area contributed by atoms with Gasteiger partial charge in [-0.3, -0.25) is 38.6 Å². The van der Waals surface area contributed by atoms with Crippen molar-refractivity contribution in [1.29, 1.82) is 0 Å². The SMILES string of the molecule is O=C(NCCOCCNC(=O)c1ccc(C(=O)N2CCSC2=S)c(=O)n1OCc1ccccc1)c1ccc(C(=O)N2CCSC2=S)c(=O)n1OCc1ccccc1. The zero-order chi connectivity index (χ0) is 40.3. The summed E-state index contributed by atoms with van der Waals surface area (Å²) in [5, 5.41) is 5.35. The Hall–Kier alpha value is -5.34. The van der Waals surface area contributed by atoms with Crippen LogP contribution in [0.3, 0.4) is 0 Å². The molecule has 2 aromatic carbocycles. The van der Waals surface area contributed by atoms with Gasteiger partial charge in [-0.05, 0) is 35.4 Å². The Labute approximate surface area is 345 Å². The first-order chi connectivity index (χ1) is 27.6. The standard InChI is InChI=1S/C38H36N6O9S4/c45-31(29-13-11-27(33(47)41-17-21-56-37(41)54)35(49)43(29)52-23-25-7-3-1-4-8-25)39-15-19-51-20-16-40-32(46)30-14-12-28(34(48)42-18-22-57-38(42)55)36(50)44(30)53-24-26-9-5-2-6-10-26/h1-14H,15-24H2,(H,39,45)(H,40,46). The molecule has 2 saturated heterocycles. The maximum absolute atomic E-state index is 13.5. The predicted octanol–water partition coefficient (Wildman–Crippen LogP) is 2.39. The summed E-state index contributed by atoms with van der Waals surface area (Å²) in [7, 11) is 0. The number of benzene rings is 2. The molecule has 4 amide bonds. The van der Waals surface area contributed by atoms with Gasteiger partial charge in [-0.15, -0.1) is 9.46 Å². The number of nitrogens with one attached hydrogen (secondary N) is 2. The van der Waals surface area contributed by atoms with Gasteiger partial charge in [0.2, 0.25) is 0 Å². The van der Waals surface area contributed by atoms with Crippen LogP contribution in [0.1, 0.15) is 52.8 Å². The number of carbonyl (C=O) groups is 4. The lowest BCUT2D eigenvalue weighted by Crippen LogP contribution is -2.42. The van der Waals surface area contributed by atoms with Crippen molar-refractivity contribution in [1.82, 2.24) is 29.9 Å². The molecule has 0 radical (unpaired) electrons. The number of thiocarbonyl (C=S) groups is 2. The van der Waals surface area contributed by atoms with Crippen LogP contribution >= 0.6 is 48.0 Å². The minimum absolute atomic E-state index is 0.0287. The summed E-state index contributed by atoms with van der Waals surface area (Å²) in [6.45, 7) is 0.775. The molecular formula is C38H36N6O9S4. The number of rotatable bonds is 16. The van der Waals surface area contributed by atoms with Crippen molar-refractivity contribution < 1.29 is 33.6 Å². The highest BCUT2D eigenvalue weighted by molar-refractivity contribution is 8.23. The van der Waals surface area contributed by atoms with Gasteiger partial charge in [0, 0.05) is 37.7 Å². The normalized spacial score (nSPS) is 13.8. The third kappa shape index (κ3) is 10.2. The Morgan fingerprint density at radius 3 is 1.37 bits per heavy atom. The molecule has 6 rings (SSSR count). The molecule has 2 N–H and O–H groups in total. The van der Waals surface area contributed by atoms with Gasteiger partial charge in [-0.2, -0.15) is 0 Å². The topological polar surface area (TPSA) is 171 Å². The van der Waals surface area contributed by atoms with Gasteiger partial charge in [-0.25, -0.2) is 0 Å². The van der Waals surface area contributed by atoms with Crippen LogP contribution in [0.4, 0.5) is 0 Å². The molecule has 2 aromatic heterocycles. The maximum atomic E-state index is 13.5. The Balaban J connectivity index is 1.05. The molecule has 0 unspecified atom stereocenters. The quantitative estimate of drug-likeness (QED) is 0.125. The van der Waals surface area contributed by atoms with Gasteiger partial charge in [0.1, 0.15) is 44.4 Å². The molecule has 296 valence electrons. The van der Waals surface area contributed by atoms with Gasteiger partial charge in [0.05, 0.1) is 13.2 Å². The summed E-state index contributed by atoms with van der Waals surface area (Å²) in [6, 6.07) is 23.3. The van der Waals surface area contributed by atoms with Crippen LogP contribution in [-0.4, -0.2) is 102 Å². The monoisotopic (exact) mass is 848 g/mol. The van der Waals surface area contributed by atoms with Crippen molar-refractivity contribution >= 4 is 80.2 Å². The van der Waals surface area contributed by atoms with E-state index in [0.29, 0.717) is 33.2 Å². The van der Waals surface area contributed by atoms with E-state index in [1.54, 1.807) is 48.5 Å². The lowest BCUT2D eigenvalue weighted by molar-refractivity contribution is 0.0666. The molecule has 4 heterocycles. The molecule has 19 heteroatoms. The average molecular weight is 849 g/mol. The van der Waals surface area contributed by atoms with E-state index >= 15 is 0 Å². The van der Waals surface area contributed by atoms with Gasteiger partial charge in [0.15, 0.2) is 0 Å². The molecule has 2 fully saturated rings. The summed E-state index contributed by atoms with van der Waals surface area (Å²) in [5.74, 6) is -1.20. The fraction of sp³-hybridized carbons (Fsp3) is 0.263. The molecule has 2 aliphatic rings. The summed E-state index contributed by atoms with van der Waals surface area (Å²) in [5.41, 5.74) is -0.773. The number of amides is 4. The van der Waals surface area contributed by atoms with E-state index in [1.807, 2.05) is 12.1 Å². The van der Waals surface area contributed by atoms with Crippen LogP contribution in [0, 0.1) is 0 Å². The molecule has 0 bridgehead atoms. The van der Waals surface area contributed by atoms with E-state index in [1.165, 1.54) is 57.6 Å². The van der Waals surface area contributed by atoms with E-state index < -0.39 is 34.7 Å². The zero-order valence-corrected chi connectivity index (χ0v) is 33.5. The number of pyridine rings is 2. The molecule has 0 saturated carbocycles. The fourth-order valence-electron chi connectivity index (χ4n) is 5.59. The summed E-state index contributed by atoms with van der Waals surface area (Å²) >= 11 is 13.2. The highest BCUT2D eigenvalue weighted by Gasteiger charge is 2.30. The number of nitrogens with zero attached hydrogens (tertiary/aromatic N) is 4. The minimum atomic E-state index is -0.804. The van der Waals surface area contributed by atoms with Crippen LogP contribution < -0.4 is 31.4 Å². The Morgan fingerprint density at radius 2 is 1.00 bits per heavy atom. The van der Waals surface area contributed by atoms with E-state index in [2.05, 4.69) is 10.6 Å². The van der Waals surface area contributed by atoms with Crippen LogP contribution in [0.15, 0.2) is 94.5 Å². The lowest BCUT2D eigenvalue weighted by Gasteiger charge is -2.18. The number of ether oxygens (including phenoxy) is 1. The highest BCUT2D eigenvalue weighted by atomic mass is 32.2. The number of aromatic nitrogens is 2. The van der Waals surface area contributed by atoms with Crippen LogP contribution in [0.2, 0.25) is 0 Å². The zero-order valence-electron chi connectivity index (χ0n) is 30.3. The first-order valence-corrected chi connectivity index (χ1v) is 20.4. The second kappa shape index (κ2) is 19.7. The summed E-state index contributed by atoms with van der Waals surface area (Å²) in [6.07, 6.45) is 0. The molecule has 4 aromatic rings. The van der Waals surface area contributed by atoms with Crippen LogP contribution in [0.5, 0.6) is 0 Å². The first kappa shape index (κ1) is 41.3. The Kier molecular flexibility index (Phi) is 14.3. The van der Waals surface area contributed by atoms with Crippen molar-refractivity contribution in [2.24, 2.45) is 0 Å². The second-order valence-corrected chi connectivity index (χ2v) is 15.7. The number of hydrogen-bond acceptors (Lipinski definition) is 13. The molecule has 15 nitrogen and oxygen atoms in total. The van der Waals surface area contributed by atoms with Crippen LogP contribution in [-0.2, 0) is 18.0 Å². The average Bonchev–Trinajstić information content (AvgIpc) is 3.86. The smallest absolute Gasteiger partial charge is 0.296 e. The van der Waals surface area contributed by atoms with E-state index in [9.17, 15) is 28.8 Å². The molecule has 57 heavy (non-hydrogen) atoms. The molecule has 0 spiro atoms. The van der Waals surface area contributed by atoms with Gasteiger partial charge >= 0.3 is 0 Å². The summed E-state index contributed by atoms with van der Waals surface area (Å²) < 4.78 is 7.96. The van der Waals surface area contributed by atoms with Crippen LogP contribution in [0.25, 0.3) is 0 Å². The van der Waals surface area contributed by atoms with Gasteiger partial charge in [0.25, 0.3) is 34.7 Å². The summed E-state index contributed by atoms with van der Waals surface area (Å²) in [4.78, 5) is 94.2. The number of hydrogen-bond donors (Lipinski definition) is 2. The van der Waals surface area contributed by atoms with Gasteiger partial charge < -0.3 is 25.0 Å². The molecular weight excluding hydrogens is 813 g/mol. The van der Waals surface area contributed by atoms with Crippen molar-refractivity contribution in [3.63, 3.8) is 0 Å². The van der Waals surface area contributed by atoms with Crippen molar-refractivity contribution in [3.05, 3.63) is 139 Å². The lowest BCUT2D eigenvalue weighted by atomic mass is 10.2. The van der Waals surface area contributed by atoms with Crippen molar-refractivity contribution in [2.75, 3.05) is 50.9 Å². The number of carbonyl (C=O) groups excluding carboxylic acids is 4. The maximum Gasteiger partial charge on any atom is 0.296 e. The molecule has 0 atom stereocenters. The highest BCUT2D eigenvalue weighted by Crippen LogP contribution is 2.21. The minimum Gasteiger partial charge on any atom is -0.405 e. The van der Waals surface area contributed by atoms with Gasteiger partial charge in [-0.1, -0.05) is 109 Å². The van der Waals surface area contributed by atoms with E-state index in [0.717, 1.165) is 20.6 Å². The third-order valence-electron chi connectivity index (χ3n) is 8.49. The Morgan fingerprint density at radius 1 is 0.596 bits per heavy atom. The first-order valence-electron chi connectivity index (χ1n) is 17.6. The van der Waals surface area contributed by atoms with E-state index in [-0.39, 0.29) is 62.0 Å². The molecule has 2 aliphatic heterocycles. The largest absolute Gasteiger partial charge is 0.405 e. The van der Waals surface area contributed by atoms with Crippen molar-refractivity contribution in [3.8, 4) is 0 Å². The second-order valence-electron chi connectivity index (χ2n) is 12.2. The Bertz CT molecular complexity index is 2130. The number of thioether (sulfide) groups is 2. The third-order valence-corrected chi connectivity index (χ3v) is 11.3.